The van der Waals surface area contributed by atoms with E-state index >= 15 is 0 Å². The van der Waals surface area contributed by atoms with E-state index in [0.717, 1.165) is 5.56 Å². The van der Waals surface area contributed by atoms with Crippen LogP contribution in [0.2, 0.25) is 0 Å². The largest absolute Gasteiger partial charge is 0.489 e. The second kappa shape index (κ2) is 5.26. The maximum Gasteiger partial charge on any atom is 0.291 e. The van der Waals surface area contributed by atoms with Crippen molar-refractivity contribution in [3.8, 4) is 5.75 Å². The van der Waals surface area contributed by atoms with Crippen molar-refractivity contribution >= 4 is 22.4 Å². The Kier molecular flexibility index (Phi) is 3.30. The van der Waals surface area contributed by atoms with Crippen LogP contribution in [-0.2, 0) is 0 Å². The van der Waals surface area contributed by atoms with E-state index in [1.807, 2.05) is 24.3 Å². The maximum absolute atomic E-state index is 12.1. The van der Waals surface area contributed by atoms with E-state index in [1.165, 1.54) is 22.2 Å². The molecule has 6 heteroatoms. The second-order valence-corrected chi connectivity index (χ2v) is 5.02. The van der Waals surface area contributed by atoms with Gasteiger partial charge in [-0.05, 0) is 12.1 Å². The van der Waals surface area contributed by atoms with Gasteiger partial charge in [-0.2, -0.15) is 9.61 Å². The van der Waals surface area contributed by atoms with Crippen LogP contribution in [0.15, 0.2) is 48.0 Å². The minimum absolute atomic E-state index is 0.166. The third-order valence-electron chi connectivity index (χ3n) is 2.68. The van der Waals surface area contributed by atoms with Crippen molar-refractivity contribution in [1.29, 1.82) is 0 Å². The normalized spacial score (nSPS) is 11.9. The SMILES string of the molecule is C=CCOc1ccccc1C=c1sc2ncnn2c1=O. The lowest BCUT2D eigenvalue weighted by molar-refractivity contribution is 0.362. The summed E-state index contributed by atoms with van der Waals surface area (Å²) in [6.45, 7) is 4.04. The van der Waals surface area contributed by atoms with Gasteiger partial charge in [-0.25, -0.2) is 4.98 Å². The van der Waals surface area contributed by atoms with Crippen molar-refractivity contribution in [3.05, 3.63) is 63.7 Å². The molecular formula is C14H11N3O2S. The highest BCUT2D eigenvalue weighted by molar-refractivity contribution is 7.15. The highest BCUT2D eigenvalue weighted by Crippen LogP contribution is 2.18. The predicted octanol–water partition coefficient (Wildman–Crippen LogP) is 1.26. The lowest BCUT2D eigenvalue weighted by atomic mass is 10.2. The number of rotatable bonds is 4. The summed E-state index contributed by atoms with van der Waals surface area (Å²) in [5.41, 5.74) is 0.678. The molecule has 0 aliphatic carbocycles. The highest BCUT2D eigenvalue weighted by Gasteiger charge is 2.06. The van der Waals surface area contributed by atoms with Crippen LogP contribution in [0, 0.1) is 0 Å². The van der Waals surface area contributed by atoms with E-state index in [4.69, 9.17) is 4.74 Å². The number of para-hydroxylation sites is 1. The quantitative estimate of drug-likeness (QED) is 0.677. The smallest absolute Gasteiger partial charge is 0.291 e. The second-order valence-electron chi connectivity index (χ2n) is 4.01. The Hall–Kier alpha value is -2.47. The van der Waals surface area contributed by atoms with E-state index < -0.39 is 0 Å². The fourth-order valence-corrected chi connectivity index (χ4v) is 2.67. The first-order valence-corrected chi connectivity index (χ1v) is 6.78. The van der Waals surface area contributed by atoms with Crippen LogP contribution in [0.1, 0.15) is 5.56 Å². The Morgan fingerprint density at radius 1 is 1.40 bits per heavy atom. The molecule has 3 aromatic rings. The molecule has 0 saturated heterocycles. The van der Waals surface area contributed by atoms with Gasteiger partial charge in [0.1, 0.15) is 18.7 Å². The number of nitrogens with zero attached hydrogens (tertiary/aromatic N) is 3. The van der Waals surface area contributed by atoms with E-state index in [0.29, 0.717) is 21.8 Å². The van der Waals surface area contributed by atoms with Crippen LogP contribution >= 0.6 is 11.3 Å². The van der Waals surface area contributed by atoms with E-state index in [-0.39, 0.29) is 5.56 Å². The molecule has 2 aromatic heterocycles. The summed E-state index contributed by atoms with van der Waals surface area (Å²) in [4.78, 5) is 16.7. The molecule has 0 aliphatic rings. The number of aromatic nitrogens is 3. The van der Waals surface area contributed by atoms with Gasteiger partial charge in [0, 0.05) is 5.56 Å². The highest BCUT2D eigenvalue weighted by atomic mass is 32.1. The maximum atomic E-state index is 12.1. The zero-order valence-electron chi connectivity index (χ0n) is 10.5. The number of hydrogen-bond acceptors (Lipinski definition) is 5. The molecule has 0 aliphatic heterocycles. The average Bonchev–Trinajstić information content (AvgIpc) is 3.02. The number of ether oxygens (including phenoxy) is 1. The molecule has 0 radical (unpaired) electrons. The summed E-state index contributed by atoms with van der Waals surface area (Å²) < 4.78 is 7.44. The summed E-state index contributed by atoms with van der Waals surface area (Å²) in [6.07, 6.45) is 4.85. The molecule has 5 nitrogen and oxygen atoms in total. The van der Waals surface area contributed by atoms with Crippen molar-refractivity contribution in [2.45, 2.75) is 0 Å². The first-order valence-electron chi connectivity index (χ1n) is 5.96. The molecule has 0 fully saturated rings. The predicted molar refractivity (Wildman–Crippen MR) is 78.1 cm³/mol. The monoisotopic (exact) mass is 285 g/mol. The molecule has 3 rings (SSSR count). The fraction of sp³-hybridized carbons (Fsp3) is 0.0714. The average molecular weight is 285 g/mol. The van der Waals surface area contributed by atoms with E-state index in [1.54, 1.807) is 12.2 Å². The van der Waals surface area contributed by atoms with Crippen molar-refractivity contribution < 1.29 is 4.74 Å². The van der Waals surface area contributed by atoms with Crippen LogP contribution < -0.4 is 14.8 Å². The van der Waals surface area contributed by atoms with Gasteiger partial charge in [0.05, 0.1) is 4.53 Å². The Balaban J connectivity index is 2.11. The first kappa shape index (κ1) is 12.6. The summed E-state index contributed by atoms with van der Waals surface area (Å²) >= 11 is 1.30. The van der Waals surface area contributed by atoms with Gasteiger partial charge >= 0.3 is 0 Å². The van der Waals surface area contributed by atoms with Crippen molar-refractivity contribution in [2.75, 3.05) is 6.61 Å². The van der Waals surface area contributed by atoms with Gasteiger partial charge in [-0.3, -0.25) is 4.79 Å². The molecule has 0 amide bonds. The summed E-state index contributed by atoms with van der Waals surface area (Å²) in [6, 6.07) is 7.54. The van der Waals surface area contributed by atoms with Crippen LogP contribution in [0.5, 0.6) is 5.75 Å². The molecule has 1 aromatic carbocycles. The Bertz CT molecular complexity index is 866. The standard InChI is InChI=1S/C14H11N3O2S/c1-2-7-19-11-6-4-3-5-10(11)8-12-13(18)17-14(20-12)15-9-16-17/h2-6,8-9H,1,7H2. The minimum atomic E-state index is -0.166. The molecule has 0 unspecified atom stereocenters. The zero-order valence-corrected chi connectivity index (χ0v) is 11.3. The third-order valence-corrected chi connectivity index (χ3v) is 3.66. The number of hydrogen-bond donors (Lipinski definition) is 0. The van der Waals surface area contributed by atoms with E-state index in [9.17, 15) is 4.79 Å². The van der Waals surface area contributed by atoms with Gasteiger partial charge in [-0.15, -0.1) is 0 Å². The van der Waals surface area contributed by atoms with Gasteiger partial charge in [0.2, 0.25) is 4.96 Å². The van der Waals surface area contributed by atoms with Gasteiger partial charge in [0.15, 0.2) is 0 Å². The lowest BCUT2D eigenvalue weighted by Gasteiger charge is -2.05. The summed E-state index contributed by atoms with van der Waals surface area (Å²) in [7, 11) is 0. The lowest BCUT2D eigenvalue weighted by Crippen LogP contribution is -2.23. The number of fused-ring (bicyclic) bond motifs is 1. The van der Waals surface area contributed by atoms with Crippen molar-refractivity contribution in [3.63, 3.8) is 0 Å². The van der Waals surface area contributed by atoms with Crippen LogP contribution in [0.25, 0.3) is 11.0 Å². The zero-order chi connectivity index (χ0) is 13.9. The Morgan fingerprint density at radius 2 is 2.25 bits per heavy atom. The first-order chi connectivity index (χ1) is 9.79. The minimum Gasteiger partial charge on any atom is -0.489 e. The molecule has 20 heavy (non-hydrogen) atoms. The summed E-state index contributed by atoms with van der Waals surface area (Å²) in [5, 5.41) is 3.89. The summed E-state index contributed by atoms with van der Waals surface area (Å²) in [5.74, 6) is 0.714. The molecular weight excluding hydrogens is 274 g/mol. The van der Waals surface area contributed by atoms with Crippen molar-refractivity contribution in [2.24, 2.45) is 0 Å². The Labute approximate surface area is 118 Å². The molecule has 0 bridgehead atoms. The van der Waals surface area contributed by atoms with Crippen molar-refractivity contribution in [1.82, 2.24) is 14.6 Å². The van der Waals surface area contributed by atoms with Crippen LogP contribution in [0.4, 0.5) is 0 Å². The molecule has 0 saturated carbocycles. The molecule has 0 N–H and O–H groups in total. The van der Waals surface area contributed by atoms with Gasteiger partial charge in [0.25, 0.3) is 5.56 Å². The number of benzene rings is 1. The molecule has 2 heterocycles. The number of thiazole rings is 1. The van der Waals surface area contributed by atoms with Crippen LogP contribution in [0.3, 0.4) is 0 Å². The topological polar surface area (TPSA) is 56.5 Å². The molecule has 100 valence electrons. The van der Waals surface area contributed by atoms with E-state index in [2.05, 4.69) is 16.7 Å². The third kappa shape index (κ3) is 2.21. The molecule has 0 atom stereocenters. The fourth-order valence-electron chi connectivity index (χ4n) is 1.80. The Morgan fingerprint density at radius 3 is 3.05 bits per heavy atom. The van der Waals surface area contributed by atoms with Gasteiger partial charge in [-0.1, -0.05) is 42.2 Å². The van der Waals surface area contributed by atoms with Crippen LogP contribution in [-0.4, -0.2) is 21.2 Å². The van der Waals surface area contributed by atoms with Gasteiger partial charge < -0.3 is 4.74 Å². The molecule has 0 spiro atoms.